The summed E-state index contributed by atoms with van der Waals surface area (Å²) in [4.78, 5) is 60.2. The first-order valence-corrected chi connectivity index (χ1v) is 13.7. The second-order valence-electron chi connectivity index (χ2n) is 10.0. The van der Waals surface area contributed by atoms with Gasteiger partial charge in [-0.3, -0.25) is 19.2 Å². The number of benzene rings is 1. The number of hydrogen-bond donors (Lipinski definition) is 1. The first kappa shape index (κ1) is 32.9. The molecular weight excluding hydrogens is 546 g/mol. The highest BCUT2D eigenvalue weighted by Gasteiger charge is 2.52. The molecule has 1 saturated heterocycles. The lowest BCUT2D eigenvalue weighted by molar-refractivity contribution is -0.237. The van der Waals surface area contributed by atoms with E-state index >= 15 is 0 Å². The van der Waals surface area contributed by atoms with Gasteiger partial charge in [-0.1, -0.05) is 30.3 Å². The molecule has 2 rings (SSSR count). The summed E-state index contributed by atoms with van der Waals surface area (Å²) in [7, 11) is 0. The Balaban J connectivity index is 2.40. The van der Waals surface area contributed by atoms with Crippen LogP contribution in [-0.2, 0) is 47.6 Å². The maximum Gasteiger partial charge on any atom is 0.408 e. The van der Waals surface area contributed by atoms with Gasteiger partial charge in [-0.15, -0.1) is 11.8 Å². The van der Waals surface area contributed by atoms with E-state index < -0.39 is 71.5 Å². The number of thioether (sulfide) groups is 1. The molecular formula is C27H37NO11S. The summed E-state index contributed by atoms with van der Waals surface area (Å²) >= 11 is 1.16. The summed E-state index contributed by atoms with van der Waals surface area (Å²) in [6.07, 6.45) is -5.42. The van der Waals surface area contributed by atoms with E-state index in [2.05, 4.69) is 5.32 Å². The number of amides is 1. The normalized spacial score (nSPS) is 23.2. The second kappa shape index (κ2) is 14.9. The Hall–Kier alpha value is -3.32. The van der Waals surface area contributed by atoms with Gasteiger partial charge in [-0.05, 0) is 26.3 Å². The molecule has 1 heterocycles. The molecule has 1 aromatic rings. The van der Waals surface area contributed by atoms with E-state index in [4.69, 9.17) is 28.4 Å². The predicted molar refractivity (Wildman–Crippen MR) is 143 cm³/mol. The van der Waals surface area contributed by atoms with E-state index in [1.807, 2.05) is 30.3 Å². The number of ether oxygens (including phenoxy) is 6. The second-order valence-corrected chi connectivity index (χ2v) is 11.1. The average molecular weight is 584 g/mol. The van der Waals surface area contributed by atoms with E-state index in [1.165, 1.54) is 13.8 Å². The van der Waals surface area contributed by atoms with Crippen molar-refractivity contribution in [1.29, 1.82) is 0 Å². The minimum absolute atomic E-state index is 0.205. The van der Waals surface area contributed by atoms with Crippen LogP contribution in [0.15, 0.2) is 30.3 Å². The van der Waals surface area contributed by atoms with Crippen molar-refractivity contribution in [1.82, 2.24) is 5.32 Å². The maximum atomic E-state index is 12.6. The minimum atomic E-state index is -1.27. The fourth-order valence-corrected chi connectivity index (χ4v) is 5.15. The van der Waals surface area contributed by atoms with Crippen LogP contribution < -0.4 is 5.32 Å². The molecule has 13 heteroatoms. The van der Waals surface area contributed by atoms with Crippen LogP contribution >= 0.6 is 11.8 Å². The van der Waals surface area contributed by atoms with Gasteiger partial charge >= 0.3 is 30.0 Å². The molecule has 0 unspecified atom stereocenters. The molecule has 1 aromatic carbocycles. The molecule has 1 fully saturated rings. The topological polar surface area (TPSA) is 153 Å². The van der Waals surface area contributed by atoms with Crippen LogP contribution in [0.1, 0.15) is 60.1 Å². The fraction of sp³-hybridized carbons (Fsp3) is 0.593. The highest BCUT2D eigenvalue weighted by molar-refractivity contribution is 7.99. The molecule has 1 N–H and O–H groups in total. The Bertz CT molecular complexity index is 1040. The summed E-state index contributed by atoms with van der Waals surface area (Å²) in [6, 6.07) is 8.57. The summed E-state index contributed by atoms with van der Waals surface area (Å²) < 4.78 is 33.1. The zero-order chi connectivity index (χ0) is 30.0. The molecule has 0 radical (unpaired) electrons. The van der Waals surface area contributed by atoms with Crippen molar-refractivity contribution in [2.24, 2.45) is 0 Å². The molecule has 6 atom stereocenters. The van der Waals surface area contributed by atoms with Crippen molar-refractivity contribution in [2.75, 3.05) is 12.4 Å². The number of rotatable bonds is 10. The monoisotopic (exact) mass is 583 g/mol. The van der Waals surface area contributed by atoms with Gasteiger partial charge in [0.25, 0.3) is 0 Å². The molecule has 0 aromatic heterocycles. The number of nitrogens with one attached hydrogen (secondary N) is 1. The van der Waals surface area contributed by atoms with Crippen LogP contribution in [0.5, 0.6) is 0 Å². The molecule has 40 heavy (non-hydrogen) atoms. The predicted octanol–water partition coefficient (Wildman–Crippen LogP) is 3.07. The molecule has 0 spiro atoms. The van der Waals surface area contributed by atoms with Gasteiger partial charge in [0.05, 0.1) is 6.04 Å². The van der Waals surface area contributed by atoms with Gasteiger partial charge in [0.1, 0.15) is 23.7 Å². The van der Waals surface area contributed by atoms with E-state index in [9.17, 15) is 24.0 Å². The average Bonchev–Trinajstić information content (AvgIpc) is 2.82. The minimum Gasteiger partial charge on any atom is -0.463 e. The SMILES string of the molecule is CC(=O)OC[C@H]1O[C@@H](SC[C@@H](NC(=O)OC(C)(C)C)c2ccccc2)[C@H](OC(C)=O)[C@@H](OC(C)=O)[C@@H]1OC(C)=O. The lowest BCUT2D eigenvalue weighted by Gasteiger charge is -2.44. The summed E-state index contributed by atoms with van der Waals surface area (Å²) in [6.45, 7) is 9.60. The first-order valence-electron chi connectivity index (χ1n) is 12.6. The molecule has 0 aliphatic carbocycles. The Morgan fingerprint density at radius 2 is 1.40 bits per heavy atom. The molecule has 1 aliphatic rings. The van der Waals surface area contributed by atoms with Crippen LogP contribution in [0.4, 0.5) is 4.79 Å². The molecule has 0 bridgehead atoms. The maximum absolute atomic E-state index is 12.6. The van der Waals surface area contributed by atoms with Crippen molar-refractivity contribution in [3.05, 3.63) is 35.9 Å². The van der Waals surface area contributed by atoms with Gasteiger partial charge in [0.2, 0.25) is 0 Å². The molecule has 1 aliphatic heterocycles. The fourth-order valence-electron chi connectivity index (χ4n) is 3.87. The van der Waals surface area contributed by atoms with Gasteiger partial charge in [-0.25, -0.2) is 4.79 Å². The first-order chi connectivity index (χ1) is 18.7. The Kier molecular flexibility index (Phi) is 12.2. The standard InChI is InChI=1S/C27H37NO11S/c1-15(29)34-13-21-22(35-16(2)30)23(36-17(3)31)24(37-18(4)32)25(38-21)40-14-20(19-11-9-8-10-12-19)28-26(33)39-27(5,6)7/h8-12,20-25H,13-14H2,1-7H3,(H,28,33)/t20-,21-,22-,23+,24-,25+/m1/s1. The third-order valence-corrected chi connectivity index (χ3v) is 6.50. The highest BCUT2D eigenvalue weighted by atomic mass is 32.2. The Labute approximate surface area is 237 Å². The van der Waals surface area contributed by atoms with E-state index in [1.54, 1.807) is 20.8 Å². The third-order valence-electron chi connectivity index (χ3n) is 5.27. The van der Waals surface area contributed by atoms with Crippen molar-refractivity contribution in [2.45, 2.75) is 90.0 Å². The van der Waals surface area contributed by atoms with Crippen LogP contribution in [0, 0.1) is 0 Å². The van der Waals surface area contributed by atoms with Gasteiger partial charge in [0.15, 0.2) is 18.3 Å². The van der Waals surface area contributed by atoms with Crippen molar-refractivity contribution in [3.63, 3.8) is 0 Å². The van der Waals surface area contributed by atoms with E-state index in [0.29, 0.717) is 0 Å². The van der Waals surface area contributed by atoms with Crippen LogP contribution in [0.25, 0.3) is 0 Å². The highest BCUT2D eigenvalue weighted by Crippen LogP contribution is 2.36. The molecule has 1 amide bonds. The molecule has 0 saturated carbocycles. The summed E-state index contributed by atoms with van der Waals surface area (Å²) in [5, 5.41) is 2.85. The van der Waals surface area contributed by atoms with Gasteiger partial charge < -0.3 is 33.7 Å². The molecule has 12 nitrogen and oxygen atoms in total. The third kappa shape index (κ3) is 11.0. The Morgan fingerprint density at radius 3 is 1.93 bits per heavy atom. The van der Waals surface area contributed by atoms with Crippen molar-refractivity contribution >= 4 is 41.7 Å². The summed E-state index contributed by atoms with van der Waals surface area (Å²) in [5.41, 5.74) is -0.933. The Morgan fingerprint density at radius 1 is 0.850 bits per heavy atom. The van der Waals surface area contributed by atoms with Gasteiger partial charge in [0, 0.05) is 33.4 Å². The van der Waals surface area contributed by atoms with Crippen molar-refractivity contribution < 1.29 is 52.4 Å². The van der Waals surface area contributed by atoms with Crippen LogP contribution in [0.3, 0.4) is 0 Å². The van der Waals surface area contributed by atoms with E-state index in [-0.39, 0.29) is 12.4 Å². The molecule has 222 valence electrons. The smallest absolute Gasteiger partial charge is 0.408 e. The number of carbonyl (C=O) groups excluding carboxylic acids is 5. The zero-order valence-electron chi connectivity index (χ0n) is 23.7. The lowest BCUT2D eigenvalue weighted by atomic mass is 9.99. The largest absolute Gasteiger partial charge is 0.463 e. The number of esters is 4. The van der Waals surface area contributed by atoms with Crippen molar-refractivity contribution in [3.8, 4) is 0 Å². The number of hydrogen-bond acceptors (Lipinski definition) is 12. The lowest BCUT2D eigenvalue weighted by Crippen LogP contribution is -2.61. The summed E-state index contributed by atoms with van der Waals surface area (Å²) in [5.74, 6) is -2.52. The van der Waals surface area contributed by atoms with Crippen LogP contribution in [0.2, 0.25) is 0 Å². The quantitative estimate of drug-likeness (QED) is 0.318. The van der Waals surface area contributed by atoms with Gasteiger partial charge in [-0.2, -0.15) is 0 Å². The number of carbonyl (C=O) groups is 5. The van der Waals surface area contributed by atoms with Crippen LogP contribution in [-0.4, -0.2) is 77.8 Å². The van der Waals surface area contributed by atoms with E-state index in [0.717, 1.165) is 31.2 Å². The zero-order valence-corrected chi connectivity index (χ0v) is 24.5. The number of alkyl carbamates (subject to hydrolysis) is 1.